The van der Waals surface area contributed by atoms with Gasteiger partial charge in [-0.15, -0.1) is 0 Å². The summed E-state index contributed by atoms with van der Waals surface area (Å²) in [5, 5.41) is 0.584. The second kappa shape index (κ2) is 5.42. The van der Waals surface area contributed by atoms with E-state index in [0.717, 1.165) is 0 Å². The van der Waals surface area contributed by atoms with Crippen LogP contribution in [0.5, 0.6) is 0 Å². The first-order valence-electron chi connectivity index (χ1n) is 5.85. The number of hydrogen-bond acceptors (Lipinski definition) is 6. The number of aryl methyl sites for hydroxylation is 1. The molecule has 1 atom stereocenters. The Hall–Kier alpha value is -1.21. The van der Waals surface area contributed by atoms with Gasteiger partial charge in [-0.25, -0.2) is 0 Å². The van der Waals surface area contributed by atoms with Crippen molar-refractivity contribution in [1.29, 1.82) is 0 Å². The zero-order valence-electron chi connectivity index (χ0n) is 10.9. The van der Waals surface area contributed by atoms with E-state index in [-0.39, 0.29) is 22.1 Å². The molecule has 0 bridgehead atoms. The number of carbonyl (C=O) groups is 3. The molecule has 0 saturated carbocycles. The molecule has 1 unspecified atom stereocenters. The highest BCUT2D eigenvalue weighted by atomic mass is 32.2. The van der Waals surface area contributed by atoms with Crippen molar-refractivity contribution in [3.63, 3.8) is 0 Å². The van der Waals surface area contributed by atoms with Gasteiger partial charge in [0.2, 0.25) is 5.91 Å². The summed E-state index contributed by atoms with van der Waals surface area (Å²) in [7, 11) is 0. The number of thioether (sulfide) groups is 1. The highest BCUT2D eigenvalue weighted by molar-refractivity contribution is 8.14. The third kappa shape index (κ3) is 2.87. The Balaban J connectivity index is 2.26. The largest absolute Gasteiger partial charge is 0.301 e. The molecule has 1 aromatic heterocycles. The predicted octanol–water partition coefficient (Wildman–Crippen LogP) is 2.04. The van der Waals surface area contributed by atoms with Crippen molar-refractivity contribution in [2.24, 2.45) is 0 Å². The van der Waals surface area contributed by atoms with Crippen molar-refractivity contribution in [2.75, 3.05) is 11.4 Å². The van der Waals surface area contributed by atoms with E-state index in [1.807, 2.05) is 0 Å². The monoisotopic (exact) mass is 298 g/mol. The Morgan fingerprint density at radius 3 is 2.68 bits per heavy atom. The molecule has 0 spiro atoms. The smallest absolute Gasteiger partial charge is 0.228 e. The Morgan fingerprint density at radius 2 is 2.11 bits per heavy atom. The number of Topliss-reactive ketones (excluding diaryl/α,β-unsaturated/α-hetero) is 1. The molecule has 102 valence electrons. The molecule has 1 aliphatic heterocycles. The molecule has 2 heterocycles. The number of rotatable bonds is 3. The quantitative estimate of drug-likeness (QED) is 0.799. The van der Waals surface area contributed by atoms with Gasteiger partial charge in [-0.05, 0) is 25.4 Å². The van der Waals surface area contributed by atoms with Crippen LogP contribution in [0.15, 0.2) is 0 Å². The van der Waals surface area contributed by atoms with Gasteiger partial charge in [0, 0.05) is 25.1 Å². The molecule has 5 nitrogen and oxygen atoms in total. The molecule has 0 N–H and O–H groups in total. The fraction of sp³-hybridized carbons (Fsp3) is 0.500. The summed E-state index contributed by atoms with van der Waals surface area (Å²) < 4.78 is 4.16. The van der Waals surface area contributed by atoms with E-state index in [0.29, 0.717) is 29.2 Å². The minimum absolute atomic E-state index is 0.00641. The van der Waals surface area contributed by atoms with E-state index in [2.05, 4.69) is 4.37 Å². The minimum Gasteiger partial charge on any atom is -0.301 e. The molecule has 7 heteroatoms. The van der Waals surface area contributed by atoms with Crippen LogP contribution >= 0.6 is 23.3 Å². The minimum atomic E-state index is -0.0864. The van der Waals surface area contributed by atoms with Gasteiger partial charge < -0.3 is 4.90 Å². The maximum atomic E-state index is 12.0. The van der Waals surface area contributed by atoms with E-state index in [9.17, 15) is 14.4 Å². The zero-order chi connectivity index (χ0) is 14.2. The lowest BCUT2D eigenvalue weighted by atomic mass is 10.2. The lowest BCUT2D eigenvalue weighted by molar-refractivity contribution is -0.117. The van der Waals surface area contributed by atoms with Crippen molar-refractivity contribution in [1.82, 2.24) is 4.37 Å². The Bertz CT molecular complexity index is 553. The molecular weight excluding hydrogens is 284 g/mol. The fourth-order valence-corrected chi connectivity index (χ4v) is 4.02. The van der Waals surface area contributed by atoms with Gasteiger partial charge in [-0.1, -0.05) is 11.8 Å². The van der Waals surface area contributed by atoms with Crippen LogP contribution in [0.25, 0.3) is 0 Å². The SMILES string of the molecule is CC(=O)SC1CC(=O)N(c2snc(C)c2C(C)=O)C1. The number of amides is 1. The zero-order valence-corrected chi connectivity index (χ0v) is 12.6. The standard InChI is InChI=1S/C12H14N2O3S2/c1-6-11(7(2)15)12(19-13-6)14-5-9(4-10(14)17)18-8(3)16/h9H,4-5H2,1-3H3. The van der Waals surface area contributed by atoms with E-state index >= 15 is 0 Å². The molecule has 1 aromatic rings. The average molecular weight is 298 g/mol. The van der Waals surface area contributed by atoms with Crippen LogP contribution in [0.3, 0.4) is 0 Å². The lowest BCUT2D eigenvalue weighted by Gasteiger charge is -2.15. The highest BCUT2D eigenvalue weighted by Crippen LogP contribution is 2.35. The summed E-state index contributed by atoms with van der Waals surface area (Å²) in [4.78, 5) is 36.3. The third-order valence-electron chi connectivity index (χ3n) is 2.86. The van der Waals surface area contributed by atoms with Crippen LogP contribution in [-0.4, -0.2) is 33.0 Å². The van der Waals surface area contributed by atoms with E-state index < -0.39 is 0 Å². The van der Waals surface area contributed by atoms with Gasteiger partial charge in [-0.3, -0.25) is 14.4 Å². The molecule has 0 aromatic carbocycles. The molecule has 0 aliphatic carbocycles. The van der Waals surface area contributed by atoms with Gasteiger partial charge in [-0.2, -0.15) is 4.37 Å². The lowest BCUT2D eigenvalue weighted by Crippen LogP contribution is -2.25. The average Bonchev–Trinajstić information content (AvgIpc) is 2.81. The van der Waals surface area contributed by atoms with E-state index in [1.165, 1.54) is 37.1 Å². The van der Waals surface area contributed by atoms with Crippen LogP contribution in [0, 0.1) is 6.92 Å². The fourth-order valence-electron chi connectivity index (χ4n) is 2.13. The number of aromatic nitrogens is 1. The number of carbonyl (C=O) groups excluding carboxylic acids is 3. The summed E-state index contributed by atoms with van der Waals surface area (Å²) in [6, 6.07) is 0. The normalized spacial score (nSPS) is 19.0. The molecule has 19 heavy (non-hydrogen) atoms. The van der Waals surface area contributed by atoms with Crippen molar-refractivity contribution in [2.45, 2.75) is 32.4 Å². The molecule has 1 saturated heterocycles. The molecule has 2 rings (SSSR count). The number of ketones is 1. The highest BCUT2D eigenvalue weighted by Gasteiger charge is 2.35. The summed E-state index contributed by atoms with van der Waals surface area (Å²) in [5.41, 5.74) is 1.18. The summed E-state index contributed by atoms with van der Waals surface area (Å²) in [6.45, 7) is 5.20. The third-order valence-corrected chi connectivity index (χ3v) is 4.81. The molecular formula is C12H14N2O3S2. The van der Waals surface area contributed by atoms with Gasteiger partial charge >= 0.3 is 0 Å². The molecule has 1 fully saturated rings. The maximum Gasteiger partial charge on any atom is 0.228 e. The summed E-state index contributed by atoms with van der Waals surface area (Å²) >= 11 is 2.35. The van der Waals surface area contributed by atoms with Crippen LogP contribution in [-0.2, 0) is 9.59 Å². The van der Waals surface area contributed by atoms with Crippen molar-refractivity contribution < 1.29 is 14.4 Å². The van der Waals surface area contributed by atoms with Crippen molar-refractivity contribution >= 4 is 45.1 Å². The van der Waals surface area contributed by atoms with E-state index in [4.69, 9.17) is 0 Å². The first-order valence-corrected chi connectivity index (χ1v) is 7.50. The van der Waals surface area contributed by atoms with Gasteiger partial charge in [0.1, 0.15) is 5.00 Å². The Labute approximate surface area is 119 Å². The molecule has 0 radical (unpaired) electrons. The maximum absolute atomic E-state index is 12.0. The van der Waals surface area contributed by atoms with Gasteiger partial charge in [0.05, 0.1) is 11.3 Å². The summed E-state index contributed by atoms with van der Waals surface area (Å²) in [6.07, 6.45) is 0.332. The van der Waals surface area contributed by atoms with Crippen LogP contribution in [0.1, 0.15) is 36.3 Å². The summed E-state index contributed by atoms with van der Waals surface area (Å²) in [5.74, 6) is -0.137. The van der Waals surface area contributed by atoms with Gasteiger partial charge in [0.15, 0.2) is 10.9 Å². The van der Waals surface area contributed by atoms with Crippen LogP contribution in [0.4, 0.5) is 5.00 Å². The van der Waals surface area contributed by atoms with Gasteiger partial charge in [0.25, 0.3) is 0 Å². The first kappa shape index (κ1) is 14.2. The van der Waals surface area contributed by atoms with Crippen LogP contribution < -0.4 is 4.90 Å². The Morgan fingerprint density at radius 1 is 1.42 bits per heavy atom. The van der Waals surface area contributed by atoms with Crippen LogP contribution in [0.2, 0.25) is 0 Å². The topological polar surface area (TPSA) is 67.3 Å². The number of anilines is 1. The van der Waals surface area contributed by atoms with Crippen molar-refractivity contribution in [3.05, 3.63) is 11.3 Å². The second-order valence-corrected chi connectivity index (χ2v) is 6.67. The Kier molecular flexibility index (Phi) is 4.05. The first-order chi connectivity index (χ1) is 8.90. The number of hydrogen-bond donors (Lipinski definition) is 0. The number of nitrogens with zero attached hydrogens (tertiary/aromatic N) is 2. The molecule has 1 amide bonds. The molecule has 1 aliphatic rings. The second-order valence-electron chi connectivity index (χ2n) is 4.44. The van der Waals surface area contributed by atoms with Crippen molar-refractivity contribution in [3.8, 4) is 0 Å². The predicted molar refractivity (Wildman–Crippen MR) is 75.9 cm³/mol. The van der Waals surface area contributed by atoms with E-state index in [1.54, 1.807) is 11.8 Å².